The summed E-state index contributed by atoms with van der Waals surface area (Å²) in [6.45, 7) is 0.821. The normalized spacial score (nSPS) is 18.0. The molecule has 1 aromatic carbocycles. The summed E-state index contributed by atoms with van der Waals surface area (Å²) in [7, 11) is 1.35. The molecule has 1 aliphatic rings. The van der Waals surface area contributed by atoms with E-state index in [9.17, 15) is 9.59 Å². The van der Waals surface area contributed by atoms with Gasteiger partial charge in [0.15, 0.2) is 6.61 Å². The topological polar surface area (TPSA) is 55.8 Å². The molecule has 1 aliphatic heterocycles. The van der Waals surface area contributed by atoms with E-state index in [1.54, 1.807) is 23.1 Å². The Labute approximate surface area is 146 Å². The zero-order chi connectivity index (χ0) is 16.1. The molecule has 1 saturated heterocycles. The van der Waals surface area contributed by atoms with Crippen molar-refractivity contribution in [1.82, 2.24) is 4.90 Å². The molecule has 2 rings (SSSR count). The SMILES string of the molecule is COC(=O)[C@@H]1CN(C(=O)COc2ccc(Br)cc2Cl)CCS1. The van der Waals surface area contributed by atoms with Gasteiger partial charge in [0.1, 0.15) is 11.0 Å². The van der Waals surface area contributed by atoms with E-state index in [0.29, 0.717) is 29.6 Å². The van der Waals surface area contributed by atoms with Crippen LogP contribution in [0.1, 0.15) is 0 Å². The van der Waals surface area contributed by atoms with E-state index in [4.69, 9.17) is 21.1 Å². The lowest BCUT2D eigenvalue weighted by Crippen LogP contribution is -2.46. The van der Waals surface area contributed by atoms with Crippen molar-refractivity contribution in [3.63, 3.8) is 0 Å². The minimum atomic E-state index is -0.334. The second-order valence-electron chi connectivity index (χ2n) is 4.59. The number of rotatable bonds is 4. The van der Waals surface area contributed by atoms with E-state index in [-0.39, 0.29) is 23.7 Å². The third-order valence-corrected chi connectivity index (χ3v) is 5.08. The zero-order valence-electron chi connectivity index (χ0n) is 11.9. The van der Waals surface area contributed by atoms with Gasteiger partial charge in [-0.25, -0.2) is 0 Å². The maximum Gasteiger partial charge on any atom is 0.320 e. The standard InChI is InChI=1S/C14H15BrClNO4S/c1-20-14(19)12-7-17(4-5-22-12)13(18)8-21-11-3-2-9(15)6-10(11)16/h2-3,6,12H,4-5,7-8H2,1H3/t12-/m0/s1. The second kappa shape index (κ2) is 8.08. The van der Waals surface area contributed by atoms with Gasteiger partial charge < -0.3 is 14.4 Å². The van der Waals surface area contributed by atoms with E-state index in [1.165, 1.54) is 18.9 Å². The Bertz CT molecular complexity index is 572. The van der Waals surface area contributed by atoms with Crippen LogP contribution in [0.4, 0.5) is 0 Å². The van der Waals surface area contributed by atoms with Crippen LogP contribution < -0.4 is 4.74 Å². The van der Waals surface area contributed by atoms with Crippen LogP contribution in [0.15, 0.2) is 22.7 Å². The summed E-state index contributed by atoms with van der Waals surface area (Å²) in [6.07, 6.45) is 0. The Kier molecular flexibility index (Phi) is 6.40. The number of benzene rings is 1. The number of methoxy groups -OCH3 is 1. The molecule has 0 spiro atoms. The van der Waals surface area contributed by atoms with Gasteiger partial charge in [-0.05, 0) is 18.2 Å². The first-order valence-electron chi connectivity index (χ1n) is 6.56. The molecule has 1 heterocycles. The Morgan fingerprint density at radius 1 is 1.50 bits per heavy atom. The number of carbonyl (C=O) groups excluding carboxylic acids is 2. The van der Waals surface area contributed by atoms with Gasteiger partial charge in [-0.1, -0.05) is 27.5 Å². The molecule has 0 aromatic heterocycles. The van der Waals surface area contributed by atoms with Crippen molar-refractivity contribution in [3.05, 3.63) is 27.7 Å². The molecule has 120 valence electrons. The van der Waals surface area contributed by atoms with E-state index >= 15 is 0 Å². The smallest absolute Gasteiger partial charge is 0.320 e. The molecule has 0 saturated carbocycles. The zero-order valence-corrected chi connectivity index (χ0v) is 15.0. The average Bonchev–Trinajstić information content (AvgIpc) is 2.53. The number of ether oxygens (including phenoxy) is 2. The van der Waals surface area contributed by atoms with Crippen LogP contribution in [-0.2, 0) is 14.3 Å². The Hall–Kier alpha value is -0.920. The van der Waals surface area contributed by atoms with Crippen molar-refractivity contribution < 1.29 is 19.1 Å². The highest BCUT2D eigenvalue weighted by Crippen LogP contribution is 2.28. The number of halogens is 2. The first kappa shape index (κ1) is 17.4. The van der Waals surface area contributed by atoms with Crippen LogP contribution in [0.2, 0.25) is 5.02 Å². The predicted molar refractivity (Wildman–Crippen MR) is 89.5 cm³/mol. The average molecular weight is 409 g/mol. The van der Waals surface area contributed by atoms with Gasteiger partial charge in [-0.2, -0.15) is 0 Å². The first-order chi connectivity index (χ1) is 10.5. The fraction of sp³-hybridized carbons (Fsp3) is 0.429. The lowest BCUT2D eigenvalue weighted by Gasteiger charge is -2.30. The monoisotopic (exact) mass is 407 g/mol. The maximum atomic E-state index is 12.2. The van der Waals surface area contributed by atoms with Crippen molar-refractivity contribution in [3.8, 4) is 5.75 Å². The molecule has 5 nitrogen and oxygen atoms in total. The lowest BCUT2D eigenvalue weighted by molar-refractivity contribution is -0.141. The quantitative estimate of drug-likeness (QED) is 0.717. The van der Waals surface area contributed by atoms with Crippen molar-refractivity contribution in [1.29, 1.82) is 0 Å². The minimum Gasteiger partial charge on any atom is -0.482 e. The number of hydrogen-bond acceptors (Lipinski definition) is 5. The largest absolute Gasteiger partial charge is 0.482 e. The van der Waals surface area contributed by atoms with Crippen LogP contribution in [-0.4, -0.2) is 54.6 Å². The summed E-state index contributed by atoms with van der Waals surface area (Å²) in [5.74, 6) is 0.673. The Balaban J connectivity index is 1.90. The van der Waals surface area contributed by atoms with Crippen molar-refractivity contribution >= 4 is 51.2 Å². The number of amides is 1. The highest BCUT2D eigenvalue weighted by atomic mass is 79.9. The number of esters is 1. The summed E-state index contributed by atoms with van der Waals surface area (Å²) in [6, 6.07) is 5.19. The predicted octanol–water partition coefficient (Wildman–Crippen LogP) is 2.60. The van der Waals surface area contributed by atoms with Gasteiger partial charge in [0, 0.05) is 23.3 Å². The molecule has 1 atom stereocenters. The summed E-state index contributed by atoms with van der Waals surface area (Å²) in [4.78, 5) is 25.4. The van der Waals surface area contributed by atoms with E-state index in [2.05, 4.69) is 15.9 Å². The molecule has 8 heteroatoms. The molecule has 0 unspecified atom stereocenters. The van der Waals surface area contributed by atoms with E-state index < -0.39 is 0 Å². The number of hydrogen-bond donors (Lipinski definition) is 0. The lowest BCUT2D eigenvalue weighted by atomic mass is 10.3. The summed E-state index contributed by atoms with van der Waals surface area (Å²) in [5, 5.41) is 0.0998. The van der Waals surface area contributed by atoms with Crippen LogP contribution in [0.25, 0.3) is 0 Å². The van der Waals surface area contributed by atoms with Gasteiger partial charge >= 0.3 is 5.97 Å². The van der Waals surface area contributed by atoms with Crippen LogP contribution in [0.3, 0.4) is 0 Å². The van der Waals surface area contributed by atoms with Gasteiger partial charge in [0.25, 0.3) is 5.91 Å². The molecule has 0 N–H and O–H groups in total. The number of carbonyl (C=O) groups is 2. The maximum absolute atomic E-state index is 12.2. The molecule has 1 aromatic rings. The molecule has 0 radical (unpaired) electrons. The van der Waals surface area contributed by atoms with Crippen molar-refractivity contribution in [2.75, 3.05) is 32.6 Å². The summed E-state index contributed by atoms with van der Waals surface area (Å²) in [5.41, 5.74) is 0. The molecule has 1 amide bonds. The highest BCUT2D eigenvalue weighted by Gasteiger charge is 2.29. The Morgan fingerprint density at radius 2 is 2.27 bits per heavy atom. The van der Waals surface area contributed by atoms with Crippen molar-refractivity contribution in [2.45, 2.75) is 5.25 Å². The molecule has 22 heavy (non-hydrogen) atoms. The number of nitrogens with zero attached hydrogens (tertiary/aromatic N) is 1. The second-order valence-corrected chi connectivity index (χ2v) is 7.22. The molecule has 0 aliphatic carbocycles. The summed E-state index contributed by atoms with van der Waals surface area (Å²) < 4.78 is 11.0. The van der Waals surface area contributed by atoms with Gasteiger partial charge in [0.2, 0.25) is 0 Å². The molecular formula is C14H15BrClNO4S. The first-order valence-corrected chi connectivity index (χ1v) is 8.78. The van der Waals surface area contributed by atoms with E-state index in [1.807, 2.05) is 0 Å². The molecular weight excluding hydrogens is 394 g/mol. The third kappa shape index (κ3) is 4.54. The highest BCUT2D eigenvalue weighted by molar-refractivity contribution is 9.10. The fourth-order valence-corrected chi connectivity index (χ4v) is 3.83. The third-order valence-electron chi connectivity index (χ3n) is 3.13. The van der Waals surface area contributed by atoms with Gasteiger partial charge in [-0.3, -0.25) is 9.59 Å². The van der Waals surface area contributed by atoms with Crippen molar-refractivity contribution in [2.24, 2.45) is 0 Å². The fourth-order valence-electron chi connectivity index (χ4n) is 1.97. The van der Waals surface area contributed by atoms with Crippen LogP contribution in [0, 0.1) is 0 Å². The number of thioether (sulfide) groups is 1. The molecule has 1 fully saturated rings. The van der Waals surface area contributed by atoms with Crippen LogP contribution >= 0.6 is 39.3 Å². The van der Waals surface area contributed by atoms with E-state index in [0.717, 1.165) is 4.47 Å². The van der Waals surface area contributed by atoms with Gasteiger partial charge in [-0.15, -0.1) is 11.8 Å². The Morgan fingerprint density at radius 3 is 2.95 bits per heavy atom. The van der Waals surface area contributed by atoms with Gasteiger partial charge in [0.05, 0.1) is 12.1 Å². The molecule has 0 bridgehead atoms. The summed E-state index contributed by atoms with van der Waals surface area (Å²) >= 11 is 10.8. The minimum absolute atomic E-state index is 0.111. The van der Waals surface area contributed by atoms with Crippen LogP contribution in [0.5, 0.6) is 5.75 Å².